The van der Waals surface area contributed by atoms with Crippen molar-refractivity contribution in [3.8, 4) is 0 Å². The summed E-state index contributed by atoms with van der Waals surface area (Å²) >= 11 is 0. The number of rotatable bonds is 5. The fraction of sp³-hybridized carbons (Fsp3) is 0.0196. The largest absolute Gasteiger partial charge is 2.00 e. The molecule has 0 amide bonds. The molecule has 4 aromatic heterocycles. The van der Waals surface area contributed by atoms with E-state index in [0.717, 1.165) is 66.0 Å². The predicted octanol–water partition coefficient (Wildman–Crippen LogP) is 9.75. The molecule has 8 heteroatoms. The van der Waals surface area contributed by atoms with Gasteiger partial charge in [-0.2, -0.15) is 18.2 Å². The van der Waals surface area contributed by atoms with Crippen LogP contribution in [0.2, 0.25) is 0 Å². The maximum Gasteiger partial charge on any atom is 2.00 e. The smallest absolute Gasteiger partial charge is 0.456 e. The third-order valence-corrected chi connectivity index (χ3v) is 16.6. The second kappa shape index (κ2) is 13.7. The summed E-state index contributed by atoms with van der Waals surface area (Å²) in [5, 5.41) is 9.64. The second-order valence-electron chi connectivity index (χ2n) is 14.8. The maximum absolute atomic E-state index is 17.2. The number of pyridine rings is 2. The number of furan rings is 1. The number of hydrogen-bond acceptors (Lipinski definition) is 4. The van der Waals surface area contributed by atoms with Crippen molar-refractivity contribution in [2.75, 3.05) is 4.90 Å². The summed E-state index contributed by atoms with van der Waals surface area (Å²) in [6.45, 7) is 0. The van der Waals surface area contributed by atoms with Crippen molar-refractivity contribution in [2.24, 2.45) is 0 Å². The molecule has 0 bridgehead atoms. The zero-order chi connectivity index (χ0) is 38.4. The molecule has 0 saturated carbocycles. The van der Waals surface area contributed by atoms with Crippen LogP contribution < -0.4 is 25.6 Å². The standard InChI is InChI=1S/C51H31FN4OSi.Pt/c52-48(34-24-25-38-39-19-7-9-21-42(39)55-30-29-54-50(55)41(38)32-34)33-13-11-14-35(31-33)56-49-45(27-26-44-47(49)40-20-8-10-22-43(40)57-44)58(36-15-3-1-4-16-36,37-17-5-2-6-18-37)46-23-12-28-53-51(46)56;/h1-30,48H;/q-2;+2. The summed E-state index contributed by atoms with van der Waals surface area (Å²) in [4.78, 5) is 12.1. The number of aromatic nitrogens is 3. The third kappa shape index (κ3) is 5.11. The monoisotopic (exact) mass is 957 g/mol. The molecule has 59 heavy (non-hydrogen) atoms. The topological polar surface area (TPSA) is 46.6 Å². The summed E-state index contributed by atoms with van der Waals surface area (Å²) in [6.07, 6.45) is 4.07. The first kappa shape index (κ1) is 35.5. The molecule has 7 aromatic carbocycles. The number of fused-ring (bicyclic) bond motifs is 12. The van der Waals surface area contributed by atoms with Gasteiger partial charge in [-0.1, -0.05) is 131 Å². The molecule has 5 nitrogen and oxygen atoms in total. The van der Waals surface area contributed by atoms with Crippen LogP contribution in [-0.2, 0) is 21.1 Å². The second-order valence-corrected chi connectivity index (χ2v) is 18.6. The summed E-state index contributed by atoms with van der Waals surface area (Å²) < 4.78 is 25.8. The van der Waals surface area contributed by atoms with Crippen molar-refractivity contribution in [3.63, 3.8) is 0 Å². The molecular formula is C51H31FN4OPtSi. The van der Waals surface area contributed by atoms with E-state index in [1.54, 1.807) is 6.20 Å². The van der Waals surface area contributed by atoms with Gasteiger partial charge in [0.1, 0.15) is 23.2 Å². The maximum atomic E-state index is 17.2. The van der Waals surface area contributed by atoms with E-state index in [4.69, 9.17) is 9.40 Å². The van der Waals surface area contributed by atoms with E-state index in [1.807, 2.05) is 77.5 Å². The number of alkyl halides is 1. The molecule has 0 fully saturated rings. The number of imidazole rings is 1. The van der Waals surface area contributed by atoms with Gasteiger partial charge in [0, 0.05) is 29.5 Å². The van der Waals surface area contributed by atoms with Crippen molar-refractivity contribution in [1.82, 2.24) is 14.4 Å². The molecule has 1 aliphatic rings. The Bertz CT molecular complexity index is 3370. The zero-order valence-corrected chi connectivity index (χ0v) is 34.6. The van der Waals surface area contributed by atoms with Crippen molar-refractivity contribution < 1.29 is 29.9 Å². The molecule has 1 aliphatic heterocycles. The molecule has 0 saturated heterocycles. The molecule has 1 unspecified atom stereocenters. The number of hydrogen-bond donors (Lipinski definition) is 0. The summed E-state index contributed by atoms with van der Waals surface area (Å²) in [7, 11) is -3.03. The Morgan fingerprint density at radius 1 is 0.576 bits per heavy atom. The summed E-state index contributed by atoms with van der Waals surface area (Å²) in [6, 6.07) is 63.3. The van der Waals surface area contributed by atoms with Gasteiger partial charge in [-0.3, -0.25) is 4.98 Å². The Morgan fingerprint density at radius 3 is 2.12 bits per heavy atom. The van der Waals surface area contributed by atoms with Crippen molar-refractivity contribution in [3.05, 3.63) is 206 Å². The molecule has 282 valence electrons. The zero-order valence-electron chi connectivity index (χ0n) is 31.3. The molecule has 1 atom stereocenters. The Hall–Kier alpha value is -6.66. The van der Waals surface area contributed by atoms with Gasteiger partial charge in [0.05, 0.1) is 16.7 Å². The first-order chi connectivity index (χ1) is 28.7. The molecule has 0 spiro atoms. The van der Waals surface area contributed by atoms with Crippen LogP contribution in [0.25, 0.3) is 49.3 Å². The molecular weight excluding hydrogens is 927 g/mol. The van der Waals surface area contributed by atoms with Crippen LogP contribution in [0.4, 0.5) is 21.6 Å². The quantitative estimate of drug-likeness (QED) is 0.0981. The number of nitrogens with zero attached hydrogens (tertiary/aromatic N) is 4. The van der Waals surface area contributed by atoms with Gasteiger partial charge in [0.25, 0.3) is 0 Å². The minimum Gasteiger partial charge on any atom is -0.456 e. The SMILES string of the molecule is FC(c1[c-]c(N2c3ncccc3[Si](c3ccccc3)(c3ccccc3)c3ccc4oc5ccccc5c4c32)ccc1)c1[c-]c2c(cc1)c1ccccc1n1ccnc21.[Pt+2]. The first-order valence-electron chi connectivity index (χ1n) is 19.4. The molecule has 0 aliphatic carbocycles. The van der Waals surface area contributed by atoms with Crippen molar-refractivity contribution in [2.45, 2.75) is 6.17 Å². The first-order valence-corrected chi connectivity index (χ1v) is 21.4. The van der Waals surface area contributed by atoms with E-state index >= 15 is 4.39 Å². The van der Waals surface area contributed by atoms with Gasteiger partial charge in [-0.15, -0.1) is 29.8 Å². The van der Waals surface area contributed by atoms with Crippen LogP contribution in [0.1, 0.15) is 17.3 Å². The van der Waals surface area contributed by atoms with Crippen LogP contribution in [0, 0.1) is 12.1 Å². The van der Waals surface area contributed by atoms with Crippen LogP contribution in [-0.4, -0.2) is 22.4 Å². The number of benzene rings is 7. The summed E-state index contributed by atoms with van der Waals surface area (Å²) in [5.74, 6) is 0.793. The van der Waals surface area contributed by atoms with E-state index in [9.17, 15) is 0 Å². The Labute approximate surface area is 354 Å². The van der Waals surface area contributed by atoms with Gasteiger partial charge in [0.15, 0.2) is 8.07 Å². The van der Waals surface area contributed by atoms with Gasteiger partial charge in [-0.25, -0.2) is 9.37 Å². The molecule has 5 heterocycles. The normalized spacial score (nSPS) is 13.7. The van der Waals surface area contributed by atoms with Crippen molar-refractivity contribution >= 4 is 95.3 Å². The fourth-order valence-corrected chi connectivity index (χ4v) is 14.5. The fourth-order valence-electron chi connectivity index (χ4n) is 9.42. The Kier molecular flexibility index (Phi) is 8.26. The average molecular weight is 958 g/mol. The minimum absolute atomic E-state index is 0. The van der Waals surface area contributed by atoms with E-state index in [-0.39, 0.29) is 21.1 Å². The third-order valence-electron chi connectivity index (χ3n) is 11.8. The van der Waals surface area contributed by atoms with Crippen LogP contribution >= 0.6 is 0 Å². The molecule has 0 N–H and O–H groups in total. The molecule has 12 rings (SSSR count). The van der Waals surface area contributed by atoms with E-state index in [2.05, 4.69) is 125 Å². The molecule has 0 radical (unpaired) electrons. The Morgan fingerprint density at radius 2 is 1.31 bits per heavy atom. The Balaban J connectivity index is 0.00000397. The number of para-hydroxylation sites is 2. The average Bonchev–Trinajstić information content (AvgIpc) is 3.95. The molecule has 11 aromatic rings. The predicted molar refractivity (Wildman–Crippen MR) is 234 cm³/mol. The van der Waals surface area contributed by atoms with Crippen molar-refractivity contribution in [1.29, 1.82) is 0 Å². The van der Waals surface area contributed by atoms with Gasteiger partial charge >= 0.3 is 21.1 Å². The van der Waals surface area contributed by atoms with Crippen LogP contribution in [0.5, 0.6) is 0 Å². The minimum atomic E-state index is -3.03. The van der Waals surface area contributed by atoms with Crippen LogP contribution in [0.15, 0.2) is 187 Å². The van der Waals surface area contributed by atoms with Gasteiger partial charge < -0.3 is 13.7 Å². The van der Waals surface area contributed by atoms with E-state index < -0.39 is 14.2 Å². The van der Waals surface area contributed by atoms with Crippen LogP contribution in [0.3, 0.4) is 0 Å². The number of halogens is 1. The van der Waals surface area contributed by atoms with E-state index in [1.165, 1.54) is 15.6 Å². The number of anilines is 3. The van der Waals surface area contributed by atoms with E-state index in [0.29, 0.717) is 16.8 Å². The van der Waals surface area contributed by atoms with Gasteiger partial charge in [-0.05, 0) is 50.4 Å². The summed E-state index contributed by atoms with van der Waals surface area (Å²) in [5.41, 5.74) is 5.84. The van der Waals surface area contributed by atoms with Gasteiger partial charge in [0.2, 0.25) is 0 Å².